The van der Waals surface area contributed by atoms with E-state index in [1.165, 1.54) is 12.3 Å². The number of pyridine rings is 2. The SMILES string of the molecule is Cc1c(-c2cc3cc(OC(=O)NC4CN(C)CC4F)ncc3c(N)c2F)cnc2c1NCCO2. The molecule has 5 rings (SSSR count). The lowest BCUT2D eigenvalue weighted by atomic mass is 9.97. The summed E-state index contributed by atoms with van der Waals surface area (Å²) < 4.78 is 40.1. The third-order valence-electron chi connectivity index (χ3n) is 6.14. The molecule has 1 aromatic carbocycles. The number of rotatable bonds is 3. The number of hydrogen-bond acceptors (Lipinski definition) is 8. The minimum absolute atomic E-state index is 0.0147. The molecule has 2 aromatic heterocycles. The molecule has 0 aliphatic carbocycles. The van der Waals surface area contributed by atoms with Crippen LogP contribution in [0.15, 0.2) is 24.5 Å². The summed E-state index contributed by atoms with van der Waals surface area (Å²) in [5, 5.41) is 6.65. The maximum Gasteiger partial charge on any atom is 0.414 e. The molecule has 3 aromatic rings. The van der Waals surface area contributed by atoms with Crippen LogP contribution >= 0.6 is 0 Å². The summed E-state index contributed by atoms with van der Waals surface area (Å²) in [6, 6.07) is 2.44. The Kier molecular flexibility index (Phi) is 5.56. The lowest BCUT2D eigenvalue weighted by Crippen LogP contribution is -2.42. The van der Waals surface area contributed by atoms with Crippen LogP contribution in [0.3, 0.4) is 0 Å². The van der Waals surface area contributed by atoms with Crippen molar-refractivity contribution in [1.82, 2.24) is 20.2 Å². The zero-order valence-corrected chi connectivity index (χ0v) is 18.7. The molecule has 4 N–H and O–H groups in total. The zero-order chi connectivity index (χ0) is 24.0. The Bertz CT molecular complexity index is 1290. The molecular formula is C23H24F2N6O3. The first-order valence-electron chi connectivity index (χ1n) is 10.9. The van der Waals surface area contributed by atoms with Gasteiger partial charge in [0.1, 0.15) is 18.5 Å². The van der Waals surface area contributed by atoms with Crippen LogP contribution in [-0.4, -0.2) is 66.5 Å². The number of alkyl halides is 1. The van der Waals surface area contributed by atoms with Crippen LogP contribution in [-0.2, 0) is 0 Å². The molecule has 4 heterocycles. The lowest BCUT2D eigenvalue weighted by Gasteiger charge is -2.22. The standard InChI is InChI=1S/C23H24F2N6O3/c1-11-14(7-29-22-21(11)27-3-4-33-22)13-5-12-6-18(28-8-15(12)20(26)19(13)25)34-23(32)30-17-10-31(2)9-16(17)24/h5-8,16-17,27H,3-4,9-10,26H2,1-2H3,(H,30,32). The average molecular weight is 470 g/mol. The third-order valence-corrected chi connectivity index (χ3v) is 6.14. The van der Waals surface area contributed by atoms with Crippen molar-refractivity contribution in [3.63, 3.8) is 0 Å². The number of likely N-dealkylation sites (N-methyl/N-ethyl adjacent to an activating group) is 1. The fourth-order valence-electron chi connectivity index (χ4n) is 4.38. The third kappa shape index (κ3) is 3.92. The maximum atomic E-state index is 15.3. The summed E-state index contributed by atoms with van der Waals surface area (Å²) >= 11 is 0. The number of hydrogen-bond donors (Lipinski definition) is 3. The number of aromatic nitrogens is 2. The Balaban J connectivity index is 1.46. The molecule has 9 nitrogen and oxygen atoms in total. The number of amides is 1. The molecule has 11 heteroatoms. The van der Waals surface area contributed by atoms with Gasteiger partial charge in [0.15, 0.2) is 5.82 Å². The number of nitrogen functional groups attached to an aromatic ring is 1. The highest BCUT2D eigenvalue weighted by atomic mass is 19.1. The quantitative estimate of drug-likeness (QED) is 0.501. The highest BCUT2D eigenvalue weighted by Gasteiger charge is 2.32. The summed E-state index contributed by atoms with van der Waals surface area (Å²) in [7, 11) is 1.77. The van der Waals surface area contributed by atoms with E-state index in [1.54, 1.807) is 24.2 Å². The predicted octanol–water partition coefficient (Wildman–Crippen LogP) is 2.87. The monoisotopic (exact) mass is 470 g/mol. The molecule has 178 valence electrons. The van der Waals surface area contributed by atoms with Crippen LogP contribution in [0.2, 0.25) is 0 Å². The van der Waals surface area contributed by atoms with Gasteiger partial charge in [-0.3, -0.25) is 0 Å². The summed E-state index contributed by atoms with van der Waals surface area (Å²) in [6.45, 7) is 3.60. The topological polar surface area (TPSA) is 115 Å². The highest BCUT2D eigenvalue weighted by Crippen LogP contribution is 2.39. The molecule has 0 saturated carbocycles. The molecule has 34 heavy (non-hydrogen) atoms. The first-order chi connectivity index (χ1) is 16.3. The van der Waals surface area contributed by atoms with E-state index in [4.69, 9.17) is 15.2 Å². The molecule has 0 spiro atoms. The van der Waals surface area contributed by atoms with E-state index in [1.807, 2.05) is 6.92 Å². The summed E-state index contributed by atoms with van der Waals surface area (Å²) in [5.41, 5.74) is 8.30. The van der Waals surface area contributed by atoms with Crippen LogP contribution in [0.4, 0.5) is 25.0 Å². The van der Waals surface area contributed by atoms with Crippen molar-refractivity contribution in [3.05, 3.63) is 35.9 Å². The normalized spacial score (nSPS) is 19.9. The molecular weight excluding hydrogens is 446 g/mol. The number of carbonyl (C=O) groups is 1. The fraction of sp³-hybridized carbons (Fsp3) is 0.348. The van der Waals surface area contributed by atoms with Crippen molar-refractivity contribution < 1.29 is 23.0 Å². The number of halogens is 2. The zero-order valence-electron chi connectivity index (χ0n) is 18.7. The molecule has 0 radical (unpaired) electrons. The predicted molar refractivity (Wildman–Crippen MR) is 123 cm³/mol. The van der Waals surface area contributed by atoms with E-state index in [0.29, 0.717) is 47.6 Å². The van der Waals surface area contributed by atoms with Gasteiger partial charge in [-0.05, 0) is 31.0 Å². The number of fused-ring (bicyclic) bond motifs is 2. The summed E-state index contributed by atoms with van der Waals surface area (Å²) in [6.07, 6.45) is 0.893. The number of anilines is 2. The van der Waals surface area contributed by atoms with Crippen molar-refractivity contribution in [2.45, 2.75) is 19.1 Å². The van der Waals surface area contributed by atoms with Crippen LogP contribution in [0.25, 0.3) is 21.9 Å². The number of likely N-dealkylation sites (tertiary alicyclic amines) is 1. The van der Waals surface area contributed by atoms with Gasteiger partial charge in [0.2, 0.25) is 11.8 Å². The van der Waals surface area contributed by atoms with E-state index in [2.05, 4.69) is 20.6 Å². The van der Waals surface area contributed by atoms with Crippen molar-refractivity contribution in [1.29, 1.82) is 0 Å². The van der Waals surface area contributed by atoms with Gasteiger partial charge in [0.25, 0.3) is 0 Å². The minimum atomic E-state index is -1.18. The molecule has 2 aliphatic rings. The number of benzene rings is 1. The second kappa shape index (κ2) is 8.56. The van der Waals surface area contributed by atoms with Crippen LogP contribution in [0.5, 0.6) is 11.8 Å². The maximum absolute atomic E-state index is 15.3. The first kappa shape index (κ1) is 22.1. The Morgan fingerprint density at radius 1 is 1.29 bits per heavy atom. The molecule has 2 atom stereocenters. The van der Waals surface area contributed by atoms with Gasteiger partial charge in [-0.1, -0.05) is 0 Å². The average Bonchev–Trinajstić information content (AvgIpc) is 3.13. The Labute approximate surface area is 194 Å². The number of nitrogens with two attached hydrogens (primary N) is 1. The Morgan fingerprint density at radius 3 is 2.88 bits per heavy atom. The largest absolute Gasteiger partial charge is 0.474 e. The van der Waals surface area contributed by atoms with E-state index in [-0.39, 0.29) is 23.7 Å². The number of ether oxygens (including phenoxy) is 2. The Morgan fingerprint density at radius 2 is 2.12 bits per heavy atom. The molecule has 2 unspecified atom stereocenters. The Hall–Kier alpha value is -3.73. The van der Waals surface area contributed by atoms with Gasteiger partial charge < -0.3 is 30.7 Å². The smallest absolute Gasteiger partial charge is 0.414 e. The van der Waals surface area contributed by atoms with Crippen molar-refractivity contribution >= 4 is 28.2 Å². The number of nitrogens with zero attached hydrogens (tertiary/aromatic N) is 3. The molecule has 2 aliphatic heterocycles. The van der Waals surface area contributed by atoms with Crippen molar-refractivity contribution in [2.24, 2.45) is 0 Å². The van der Waals surface area contributed by atoms with E-state index < -0.39 is 24.1 Å². The van der Waals surface area contributed by atoms with Gasteiger partial charge in [0.05, 0.1) is 11.7 Å². The molecule has 0 bridgehead atoms. The fourth-order valence-corrected chi connectivity index (χ4v) is 4.38. The first-order valence-corrected chi connectivity index (χ1v) is 10.9. The van der Waals surface area contributed by atoms with Gasteiger partial charge in [0, 0.05) is 54.6 Å². The van der Waals surface area contributed by atoms with Crippen LogP contribution in [0.1, 0.15) is 5.56 Å². The van der Waals surface area contributed by atoms with E-state index >= 15 is 4.39 Å². The summed E-state index contributed by atoms with van der Waals surface area (Å²) in [5.74, 6) is -0.141. The lowest BCUT2D eigenvalue weighted by molar-refractivity contribution is 0.187. The minimum Gasteiger partial charge on any atom is -0.474 e. The summed E-state index contributed by atoms with van der Waals surface area (Å²) in [4.78, 5) is 22.4. The van der Waals surface area contributed by atoms with Crippen molar-refractivity contribution in [3.8, 4) is 22.9 Å². The van der Waals surface area contributed by atoms with E-state index in [9.17, 15) is 9.18 Å². The van der Waals surface area contributed by atoms with E-state index in [0.717, 1.165) is 5.56 Å². The highest BCUT2D eigenvalue weighted by molar-refractivity contribution is 5.98. The second-order valence-corrected chi connectivity index (χ2v) is 8.53. The van der Waals surface area contributed by atoms with Crippen molar-refractivity contribution in [2.75, 3.05) is 44.3 Å². The molecule has 1 amide bonds. The van der Waals surface area contributed by atoms with Gasteiger partial charge >= 0.3 is 6.09 Å². The number of nitrogens with one attached hydrogen (secondary N) is 2. The second-order valence-electron chi connectivity index (χ2n) is 8.53. The molecule has 1 fully saturated rings. The van der Waals surface area contributed by atoms with Gasteiger partial charge in [-0.2, -0.15) is 0 Å². The number of carbonyl (C=O) groups excluding carboxylic acids is 1. The van der Waals surface area contributed by atoms with Gasteiger partial charge in [-0.15, -0.1) is 0 Å². The molecule has 1 saturated heterocycles. The van der Waals surface area contributed by atoms with Crippen LogP contribution in [0, 0.1) is 12.7 Å². The van der Waals surface area contributed by atoms with Crippen LogP contribution < -0.4 is 25.8 Å². The van der Waals surface area contributed by atoms with Gasteiger partial charge in [-0.25, -0.2) is 23.5 Å².